The molecule has 1 aliphatic rings. The molecule has 4 N–H and O–H groups in total. The first kappa shape index (κ1) is 23.6. The van der Waals surface area contributed by atoms with Crippen LogP contribution in [0.15, 0.2) is 41.3 Å². The van der Waals surface area contributed by atoms with Crippen molar-refractivity contribution in [2.75, 3.05) is 11.9 Å². The van der Waals surface area contributed by atoms with Crippen LogP contribution in [0.3, 0.4) is 0 Å². The Morgan fingerprint density at radius 1 is 1.32 bits per heavy atom. The van der Waals surface area contributed by atoms with Crippen molar-refractivity contribution in [3.05, 3.63) is 58.0 Å². The maximum atomic E-state index is 13.0. The molecule has 1 aromatic carbocycles. The summed E-state index contributed by atoms with van der Waals surface area (Å²) in [5.41, 5.74) is 0.389. The van der Waals surface area contributed by atoms with E-state index in [0.29, 0.717) is 11.1 Å². The van der Waals surface area contributed by atoms with Gasteiger partial charge in [0.1, 0.15) is 18.9 Å². The standard InChI is InChI=1S/C23H26N4O7/c1-12(2)20(30)25-23-24-19-18(21(31)26-23)14(11-33-22(32)13-6-4-3-5-7-13)9-27(19)17-8-15(29)16(10-28)34-17/h3-7,9,12,15-17,28-29H,8,10-11H2,1-2H3,(H2,24,25,26,30,31)/t15-,16+,17+/m0/s1. The first-order valence-corrected chi connectivity index (χ1v) is 10.9. The second-order valence-corrected chi connectivity index (χ2v) is 8.38. The van der Waals surface area contributed by atoms with Crippen LogP contribution in [0.2, 0.25) is 0 Å². The Labute approximate surface area is 194 Å². The number of hydrogen-bond donors (Lipinski definition) is 4. The number of ether oxygens (including phenoxy) is 2. The molecule has 11 nitrogen and oxygen atoms in total. The first-order valence-electron chi connectivity index (χ1n) is 10.9. The highest BCUT2D eigenvalue weighted by Crippen LogP contribution is 2.32. The molecule has 0 spiro atoms. The van der Waals surface area contributed by atoms with Gasteiger partial charge in [0.25, 0.3) is 5.56 Å². The number of benzene rings is 1. The predicted molar refractivity (Wildman–Crippen MR) is 121 cm³/mol. The van der Waals surface area contributed by atoms with Crippen LogP contribution in [0.5, 0.6) is 0 Å². The first-order chi connectivity index (χ1) is 16.3. The number of nitrogens with zero attached hydrogens (tertiary/aromatic N) is 2. The fourth-order valence-corrected chi connectivity index (χ4v) is 3.73. The molecule has 4 rings (SSSR count). The Hall–Kier alpha value is -3.54. The molecule has 0 saturated carbocycles. The molecule has 180 valence electrons. The van der Waals surface area contributed by atoms with E-state index in [-0.39, 0.29) is 48.4 Å². The van der Waals surface area contributed by atoms with E-state index in [1.165, 1.54) is 0 Å². The molecule has 1 fully saturated rings. The number of fused-ring (bicyclic) bond motifs is 1. The lowest BCUT2D eigenvalue weighted by molar-refractivity contribution is -0.118. The van der Waals surface area contributed by atoms with Crippen molar-refractivity contribution in [1.29, 1.82) is 0 Å². The Morgan fingerprint density at radius 2 is 2.06 bits per heavy atom. The average Bonchev–Trinajstić information content (AvgIpc) is 3.38. The number of hydrogen-bond acceptors (Lipinski definition) is 8. The van der Waals surface area contributed by atoms with Gasteiger partial charge in [-0.2, -0.15) is 4.98 Å². The molecule has 1 saturated heterocycles. The van der Waals surface area contributed by atoms with Crippen LogP contribution in [0, 0.1) is 5.92 Å². The van der Waals surface area contributed by atoms with E-state index in [2.05, 4.69) is 15.3 Å². The van der Waals surface area contributed by atoms with Gasteiger partial charge in [-0.3, -0.25) is 19.9 Å². The number of aromatic amines is 1. The van der Waals surface area contributed by atoms with Crippen LogP contribution in [-0.2, 0) is 20.9 Å². The summed E-state index contributed by atoms with van der Waals surface area (Å²) in [5, 5.41) is 22.3. The minimum Gasteiger partial charge on any atom is -0.457 e. The molecule has 34 heavy (non-hydrogen) atoms. The van der Waals surface area contributed by atoms with Crippen LogP contribution in [0.25, 0.3) is 11.0 Å². The third-order valence-corrected chi connectivity index (χ3v) is 5.59. The number of H-pyrrole nitrogens is 1. The number of anilines is 1. The number of nitrogens with one attached hydrogen (secondary N) is 2. The largest absolute Gasteiger partial charge is 0.457 e. The summed E-state index contributed by atoms with van der Waals surface area (Å²) in [5.74, 6) is -1.26. The summed E-state index contributed by atoms with van der Waals surface area (Å²) < 4.78 is 12.7. The third kappa shape index (κ3) is 4.72. The van der Waals surface area contributed by atoms with Crippen LogP contribution in [0.4, 0.5) is 5.95 Å². The highest BCUT2D eigenvalue weighted by molar-refractivity contribution is 5.92. The van der Waals surface area contributed by atoms with Crippen molar-refractivity contribution in [3.63, 3.8) is 0 Å². The Balaban J connectivity index is 1.71. The lowest BCUT2D eigenvalue weighted by Crippen LogP contribution is -2.24. The van der Waals surface area contributed by atoms with Gasteiger partial charge in [0.05, 0.1) is 23.7 Å². The zero-order valence-corrected chi connectivity index (χ0v) is 18.7. The van der Waals surface area contributed by atoms with Crippen LogP contribution >= 0.6 is 0 Å². The topological polar surface area (TPSA) is 156 Å². The van der Waals surface area contributed by atoms with Crippen molar-refractivity contribution in [2.45, 2.75) is 45.3 Å². The highest BCUT2D eigenvalue weighted by Gasteiger charge is 2.36. The number of aliphatic hydroxyl groups excluding tert-OH is 2. The zero-order valence-electron chi connectivity index (χ0n) is 18.7. The summed E-state index contributed by atoms with van der Waals surface area (Å²) in [7, 11) is 0. The number of rotatable bonds is 7. The Kier molecular flexibility index (Phi) is 6.77. The van der Waals surface area contributed by atoms with Gasteiger partial charge in [0.2, 0.25) is 11.9 Å². The number of esters is 1. The molecule has 0 radical (unpaired) electrons. The van der Waals surface area contributed by atoms with Gasteiger partial charge in [0, 0.05) is 24.1 Å². The normalized spacial score (nSPS) is 20.1. The van der Waals surface area contributed by atoms with Gasteiger partial charge in [0.15, 0.2) is 5.65 Å². The molecular formula is C23H26N4O7. The number of aliphatic hydroxyl groups is 2. The Morgan fingerprint density at radius 3 is 2.71 bits per heavy atom. The van der Waals surface area contributed by atoms with Gasteiger partial charge in [-0.25, -0.2) is 4.79 Å². The molecular weight excluding hydrogens is 444 g/mol. The van der Waals surface area contributed by atoms with E-state index in [0.717, 1.165) is 0 Å². The van der Waals surface area contributed by atoms with E-state index in [4.69, 9.17) is 9.47 Å². The molecule has 0 bridgehead atoms. The molecule has 3 heterocycles. The highest BCUT2D eigenvalue weighted by atomic mass is 16.5. The lowest BCUT2D eigenvalue weighted by Gasteiger charge is -2.15. The molecule has 3 atom stereocenters. The number of aromatic nitrogens is 3. The van der Waals surface area contributed by atoms with Crippen molar-refractivity contribution in [3.8, 4) is 0 Å². The van der Waals surface area contributed by atoms with E-state index >= 15 is 0 Å². The Bertz CT molecular complexity index is 1250. The molecule has 1 aliphatic heterocycles. The van der Waals surface area contributed by atoms with Crippen molar-refractivity contribution >= 4 is 28.9 Å². The van der Waals surface area contributed by atoms with Crippen LogP contribution in [0.1, 0.15) is 42.4 Å². The van der Waals surface area contributed by atoms with Crippen LogP contribution in [-0.4, -0.2) is 55.4 Å². The molecule has 2 aromatic heterocycles. The summed E-state index contributed by atoms with van der Waals surface area (Å²) >= 11 is 0. The van der Waals surface area contributed by atoms with E-state index in [9.17, 15) is 24.6 Å². The average molecular weight is 470 g/mol. The monoisotopic (exact) mass is 470 g/mol. The maximum absolute atomic E-state index is 13.0. The molecule has 11 heteroatoms. The van der Waals surface area contributed by atoms with Crippen molar-refractivity contribution in [1.82, 2.24) is 14.5 Å². The molecule has 0 unspecified atom stereocenters. The minimum atomic E-state index is -0.908. The van der Waals surface area contributed by atoms with Gasteiger partial charge >= 0.3 is 5.97 Å². The van der Waals surface area contributed by atoms with Gasteiger partial charge in [-0.05, 0) is 12.1 Å². The lowest BCUT2D eigenvalue weighted by atomic mass is 10.2. The van der Waals surface area contributed by atoms with Crippen LogP contribution < -0.4 is 10.9 Å². The number of amides is 1. The van der Waals surface area contributed by atoms with Crippen molar-refractivity contribution in [2.24, 2.45) is 5.92 Å². The quantitative estimate of drug-likeness (QED) is 0.377. The van der Waals surface area contributed by atoms with Gasteiger partial charge in [-0.1, -0.05) is 32.0 Å². The van der Waals surface area contributed by atoms with E-state index < -0.39 is 30.0 Å². The SMILES string of the molecule is CC(C)C(=O)Nc1nc2c(c(COC(=O)c3ccccc3)cn2[C@H]2C[C@H](O)[C@@H](CO)O2)c(=O)[nH]1. The van der Waals surface area contributed by atoms with Crippen molar-refractivity contribution < 1.29 is 29.3 Å². The second kappa shape index (κ2) is 9.75. The zero-order chi connectivity index (χ0) is 24.4. The fourth-order valence-electron chi connectivity index (χ4n) is 3.73. The number of carbonyl (C=O) groups excluding carboxylic acids is 2. The third-order valence-electron chi connectivity index (χ3n) is 5.59. The molecule has 3 aromatic rings. The second-order valence-electron chi connectivity index (χ2n) is 8.38. The molecule has 0 aliphatic carbocycles. The van der Waals surface area contributed by atoms with Gasteiger partial charge < -0.3 is 24.3 Å². The summed E-state index contributed by atoms with van der Waals surface area (Å²) in [6.07, 6.45) is -0.703. The summed E-state index contributed by atoms with van der Waals surface area (Å²) in [4.78, 5) is 44.4. The fraction of sp³-hybridized carbons (Fsp3) is 0.391. The minimum absolute atomic E-state index is 0.0411. The van der Waals surface area contributed by atoms with E-state index in [1.807, 2.05) is 0 Å². The smallest absolute Gasteiger partial charge is 0.338 e. The predicted octanol–water partition coefficient (Wildman–Crippen LogP) is 1.32. The van der Waals surface area contributed by atoms with Gasteiger partial charge in [-0.15, -0.1) is 0 Å². The summed E-state index contributed by atoms with van der Waals surface area (Å²) in [6, 6.07) is 8.44. The summed E-state index contributed by atoms with van der Waals surface area (Å²) in [6.45, 7) is 2.83. The molecule has 1 amide bonds. The maximum Gasteiger partial charge on any atom is 0.338 e. The number of carbonyl (C=O) groups is 2. The van der Waals surface area contributed by atoms with E-state index in [1.54, 1.807) is 54.9 Å².